The molecule has 0 aliphatic heterocycles. The Kier molecular flexibility index (Phi) is 9.93. The van der Waals surface area contributed by atoms with Crippen LogP contribution in [-0.4, -0.2) is 54.8 Å². The summed E-state index contributed by atoms with van der Waals surface area (Å²) in [6, 6.07) is 13.7. The molecule has 2 aromatic carbocycles. The molecule has 2 unspecified atom stereocenters. The molecule has 0 aromatic heterocycles. The fourth-order valence-corrected chi connectivity index (χ4v) is 5.07. The van der Waals surface area contributed by atoms with E-state index >= 15 is 0 Å². The summed E-state index contributed by atoms with van der Waals surface area (Å²) in [7, 11) is -3.99. The minimum absolute atomic E-state index is 0.0162. The van der Waals surface area contributed by atoms with Crippen LogP contribution in [0.1, 0.15) is 40.2 Å². The smallest absolute Gasteiger partial charge is 0.407 e. The Labute approximate surface area is 207 Å². The molecule has 9 nitrogen and oxygen atoms in total. The van der Waals surface area contributed by atoms with Crippen LogP contribution >= 0.6 is 0 Å². The number of sulfonamides is 1. The Morgan fingerprint density at radius 3 is 2.17 bits per heavy atom. The maximum absolute atomic E-state index is 13.4. The van der Waals surface area contributed by atoms with E-state index in [9.17, 15) is 23.2 Å². The topological polar surface area (TPSA) is 125 Å². The molecule has 0 aliphatic carbocycles. The second-order valence-corrected chi connectivity index (χ2v) is 11.7. The van der Waals surface area contributed by atoms with Crippen LogP contribution in [0.2, 0.25) is 0 Å². The predicted molar refractivity (Wildman–Crippen MR) is 135 cm³/mol. The van der Waals surface area contributed by atoms with E-state index in [4.69, 9.17) is 4.74 Å². The summed E-state index contributed by atoms with van der Waals surface area (Å²) >= 11 is 0. The number of alkyl carbamates (subject to hydrolysis) is 1. The molecular formula is C25H35N3O6S. The van der Waals surface area contributed by atoms with Gasteiger partial charge in [0.2, 0.25) is 10.0 Å². The Bertz CT molecular complexity index is 1070. The lowest BCUT2D eigenvalue weighted by Crippen LogP contribution is -2.51. The van der Waals surface area contributed by atoms with Gasteiger partial charge in [0.15, 0.2) is 0 Å². The molecule has 35 heavy (non-hydrogen) atoms. The van der Waals surface area contributed by atoms with Crippen molar-refractivity contribution >= 4 is 21.8 Å². The Hall–Kier alpha value is -2.82. The maximum Gasteiger partial charge on any atom is 0.407 e. The summed E-state index contributed by atoms with van der Waals surface area (Å²) in [5.41, 5.74) is 0.244. The summed E-state index contributed by atoms with van der Waals surface area (Å²) in [6.45, 7) is 8.84. The summed E-state index contributed by atoms with van der Waals surface area (Å²) in [5, 5.41) is 16.7. The van der Waals surface area contributed by atoms with E-state index in [1.54, 1.807) is 20.8 Å². The highest BCUT2D eigenvalue weighted by Crippen LogP contribution is 2.22. The van der Waals surface area contributed by atoms with Gasteiger partial charge in [-0.3, -0.25) is 0 Å². The van der Waals surface area contributed by atoms with Crippen LogP contribution in [0.4, 0.5) is 10.5 Å². The van der Waals surface area contributed by atoms with Crippen molar-refractivity contribution < 1.29 is 23.1 Å². The number of aliphatic hydroxyl groups excluding tert-OH is 1. The number of hydrogen-bond donors (Lipinski definition) is 2. The molecule has 0 heterocycles. The number of nitrogens with one attached hydrogen (secondary N) is 1. The monoisotopic (exact) mass is 505 g/mol. The van der Waals surface area contributed by atoms with Crippen molar-refractivity contribution in [2.45, 2.75) is 63.7 Å². The third-order valence-corrected chi connectivity index (χ3v) is 6.85. The van der Waals surface area contributed by atoms with Gasteiger partial charge >= 0.3 is 6.09 Å². The molecule has 0 spiro atoms. The number of nitroso groups, excluding NO2 is 1. The Morgan fingerprint density at radius 1 is 1.06 bits per heavy atom. The van der Waals surface area contributed by atoms with E-state index in [0.29, 0.717) is 0 Å². The van der Waals surface area contributed by atoms with Crippen molar-refractivity contribution in [2.75, 3.05) is 13.1 Å². The Balaban J connectivity index is 2.32. The molecule has 1 amide bonds. The zero-order valence-corrected chi connectivity index (χ0v) is 21.7. The highest BCUT2D eigenvalue weighted by Gasteiger charge is 2.32. The lowest BCUT2D eigenvalue weighted by Gasteiger charge is -2.31. The SMILES string of the molecule is CC(C)CN(CC(O)C(Cc1ccccc1)NC(=O)OC(C)(C)C)S(=O)(=O)c1ccc(N=O)cc1. The molecule has 0 aliphatic rings. The molecule has 2 aromatic rings. The lowest BCUT2D eigenvalue weighted by molar-refractivity contribution is 0.0400. The summed E-state index contributed by atoms with van der Waals surface area (Å²) < 4.78 is 33.3. The van der Waals surface area contributed by atoms with Crippen molar-refractivity contribution in [1.29, 1.82) is 0 Å². The summed E-state index contributed by atoms with van der Waals surface area (Å²) in [5.74, 6) is -0.0284. The van der Waals surface area contributed by atoms with Gasteiger partial charge in [-0.1, -0.05) is 44.2 Å². The van der Waals surface area contributed by atoms with Gasteiger partial charge in [0, 0.05) is 13.1 Å². The van der Waals surface area contributed by atoms with Crippen molar-refractivity contribution in [3.63, 3.8) is 0 Å². The number of rotatable bonds is 11. The number of ether oxygens (including phenoxy) is 1. The zero-order chi connectivity index (χ0) is 26.2. The van der Waals surface area contributed by atoms with Crippen LogP contribution in [0.5, 0.6) is 0 Å². The molecular weight excluding hydrogens is 470 g/mol. The van der Waals surface area contributed by atoms with Crippen LogP contribution in [0.25, 0.3) is 0 Å². The van der Waals surface area contributed by atoms with Crippen LogP contribution in [0.3, 0.4) is 0 Å². The number of carbonyl (C=O) groups excluding carboxylic acids is 1. The zero-order valence-electron chi connectivity index (χ0n) is 20.8. The van der Waals surface area contributed by atoms with Crippen molar-refractivity contribution in [3.05, 3.63) is 65.1 Å². The number of amides is 1. The number of benzene rings is 2. The number of nitrogens with zero attached hydrogens (tertiary/aromatic N) is 2. The first-order valence-corrected chi connectivity index (χ1v) is 12.9. The molecule has 2 atom stereocenters. The molecule has 0 radical (unpaired) electrons. The summed E-state index contributed by atoms with van der Waals surface area (Å²) in [4.78, 5) is 23.2. The van der Waals surface area contributed by atoms with Gasteiger partial charge in [0.25, 0.3) is 0 Å². The van der Waals surface area contributed by atoms with Crippen molar-refractivity contribution in [1.82, 2.24) is 9.62 Å². The maximum atomic E-state index is 13.4. The molecule has 192 valence electrons. The van der Waals surface area contributed by atoms with Gasteiger partial charge in [0.05, 0.1) is 17.0 Å². The second-order valence-electron chi connectivity index (χ2n) is 9.81. The molecule has 2 rings (SSSR count). The van der Waals surface area contributed by atoms with Gasteiger partial charge < -0.3 is 15.2 Å². The normalized spacial score (nSPS) is 13.9. The van der Waals surface area contributed by atoms with Gasteiger partial charge in [-0.2, -0.15) is 4.31 Å². The van der Waals surface area contributed by atoms with E-state index in [1.807, 2.05) is 44.2 Å². The first kappa shape index (κ1) is 28.4. The van der Waals surface area contributed by atoms with E-state index in [2.05, 4.69) is 10.5 Å². The second kappa shape index (κ2) is 12.2. The van der Waals surface area contributed by atoms with Crippen LogP contribution < -0.4 is 5.32 Å². The highest BCUT2D eigenvalue weighted by molar-refractivity contribution is 7.89. The first-order chi connectivity index (χ1) is 16.3. The summed E-state index contributed by atoms with van der Waals surface area (Å²) in [6.07, 6.45) is -1.66. The van der Waals surface area contributed by atoms with Crippen LogP contribution in [0, 0.1) is 10.8 Å². The molecule has 2 N–H and O–H groups in total. The van der Waals surface area contributed by atoms with E-state index in [0.717, 1.165) is 5.56 Å². The largest absolute Gasteiger partial charge is 0.444 e. The molecule has 0 saturated carbocycles. The Morgan fingerprint density at radius 2 is 1.66 bits per heavy atom. The quantitative estimate of drug-likeness (QED) is 0.440. The number of carbonyl (C=O) groups is 1. The standard InChI is InChI=1S/C25H35N3O6S/c1-18(2)16-28(35(32,33)21-13-11-20(27-31)12-14-21)17-23(29)22(15-19-9-7-6-8-10-19)26-24(30)34-25(3,4)5/h6-14,18,22-23,29H,15-17H2,1-5H3,(H,26,30). The van der Waals surface area contributed by atoms with Crippen molar-refractivity contribution in [2.24, 2.45) is 11.1 Å². The van der Waals surface area contributed by atoms with E-state index in [1.165, 1.54) is 28.6 Å². The van der Waals surface area contributed by atoms with Gasteiger partial charge in [-0.25, -0.2) is 13.2 Å². The molecule has 0 fully saturated rings. The lowest BCUT2D eigenvalue weighted by atomic mass is 10.0. The van der Waals surface area contributed by atoms with E-state index < -0.39 is 33.9 Å². The van der Waals surface area contributed by atoms with Crippen LogP contribution in [-0.2, 0) is 21.2 Å². The first-order valence-electron chi connectivity index (χ1n) is 11.5. The van der Waals surface area contributed by atoms with Gasteiger partial charge in [-0.05, 0) is 68.1 Å². The fourth-order valence-electron chi connectivity index (χ4n) is 3.45. The van der Waals surface area contributed by atoms with Gasteiger partial charge in [0.1, 0.15) is 11.3 Å². The highest BCUT2D eigenvalue weighted by atomic mass is 32.2. The minimum Gasteiger partial charge on any atom is -0.444 e. The molecule has 10 heteroatoms. The fraction of sp³-hybridized carbons (Fsp3) is 0.480. The molecule has 0 bridgehead atoms. The minimum atomic E-state index is -3.99. The van der Waals surface area contributed by atoms with Crippen molar-refractivity contribution in [3.8, 4) is 0 Å². The third kappa shape index (κ3) is 9.04. The third-order valence-electron chi connectivity index (χ3n) is 5.00. The van der Waals surface area contributed by atoms with Crippen LogP contribution in [0.15, 0.2) is 64.7 Å². The average Bonchev–Trinajstić information content (AvgIpc) is 2.77. The predicted octanol–water partition coefficient (Wildman–Crippen LogP) is 4.23. The average molecular weight is 506 g/mol. The van der Waals surface area contributed by atoms with Gasteiger partial charge in [-0.15, -0.1) is 4.91 Å². The number of hydrogen-bond acceptors (Lipinski definition) is 7. The van der Waals surface area contributed by atoms with E-state index in [-0.39, 0.29) is 36.0 Å². The molecule has 0 saturated heterocycles. The number of aliphatic hydroxyl groups is 1.